The summed E-state index contributed by atoms with van der Waals surface area (Å²) in [6.07, 6.45) is 6.43. The zero-order valence-corrected chi connectivity index (χ0v) is 22.8. The minimum Gasteiger partial charge on any atom is -0.480 e. The number of thiol groups is 1. The number of imidazole rings is 1. The van der Waals surface area contributed by atoms with Gasteiger partial charge in [0.15, 0.2) is 0 Å². The van der Waals surface area contributed by atoms with Crippen LogP contribution in [-0.4, -0.2) is 80.2 Å². The fraction of sp³-hybridized carbons (Fsp3) is 0.423. The van der Waals surface area contributed by atoms with E-state index in [9.17, 15) is 24.3 Å². The first-order chi connectivity index (χ1) is 19.2. The molecule has 4 atom stereocenters. The molecule has 2 aromatic heterocycles. The number of fused-ring (bicyclic) bond motifs is 1. The lowest BCUT2D eigenvalue weighted by atomic mass is 10.0. The molecule has 40 heavy (non-hydrogen) atoms. The molecule has 0 saturated carbocycles. The van der Waals surface area contributed by atoms with E-state index in [4.69, 9.17) is 11.5 Å². The fourth-order valence-electron chi connectivity index (χ4n) is 4.20. The number of carboxylic acid groups (broad SMARTS) is 1. The highest BCUT2D eigenvalue weighted by Gasteiger charge is 2.30. The van der Waals surface area contributed by atoms with E-state index < -0.39 is 47.9 Å². The van der Waals surface area contributed by atoms with Crippen LogP contribution in [0.5, 0.6) is 0 Å². The number of aromatic amines is 2. The van der Waals surface area contributed by atoms with Crippen LogP contribution in [0.15, 0.2) is 43.0 Å². The van der Waals surface area contributed by atoms with Gasteiger partial charge in [-0.25, -0.2) is 9.78 Å². The maximum Gasteiger partial charge on any atom is 0.326 e. The predicted molar refractivity (Wildman–Crippen MR) is 152 cm³/mol. The van der Waals surface area contributed by atoms with Crippen molar-refractivity contribution in [2.24, 2.45) is 11.5 Å². The van der Waals surface area contributed by atoms with Gasteiger partial charge in [0, 0.05) is 47.6 Å². The van der Waals surface area contributed by atoms with E-state index in [0.717, 1.165) is 22.9 Å². The number of H-pyrrole nitrogens is 2. The summed E-state index contributed by atoms with van der Waals surface area (Å²) < 4.78 is 0. The third-order valence-corrected chi connectivity index (χ3v) is 6.81. The molecule has 0 aliphatic carbocycles. The number of amides is 3. The van der Waals surface area contributed by atoms with Gasteiger partial charge in [-0.2, -0.15) is 12.6 Å². The highest BCUT2D eigenvalue weighted by atomic mass is 32.1. The Bertz CT molecular complexity index is 1280. The maximum atomic E-state index is 13.3. The lowest BCUT2D eigenvalue weighted by molar-refractivity contribution is -0.142. The van der Waals surface area contributed by atoms with Crippen molar-refractivity contribution in [3.8, 4) is 0 Å². The van der Waals surface area contributed by atoms with Gasteiger partial charge >= 0.3 is 5.97 Å². The minimum atomic E-state index is -1.26. The van der Waals surface area contributed by atoms with Gasteiger partial charge < -0.3 is 42.5 Å². The molecular weight excluding hydrogens is 536 g/mol. The van der Waals surface area contributed by atoms with Crippen molar-refractivity contribution in [2.75, 3.05) is 12.3 Å². The molecule has 1 aromatic carbocycles. The Balaban J connectivity index is 1.71. The normalized spacial score (nSPS) is 14.2. The number of carboxylic acids is 1. The number of rotatable bonds is 16. The molecule has 3 rings (SSSR count). The van der Waals surface area contributed by atoms with Crippen LogP contribution in [0.4, 0.5) is 0 Å². The van der Waals surface area contributed by atoms with Gasteiger partial charge in [-0.05, 0) is 31.0 Å². The van der Waals surface area contributed by atoms with Crippen LogP contribution < -0.4 is 27.4 Å². The molecule has 216 valence electrons. The molecule has 0 saturated heterocycles. The summed E-state index contributed by atoms with van der Waals surface area (Å²) in [5, 5.41) is 18.4. The number of carbonyl (C=O) groups excluding carboxylic acids is 3. The van der Waals surface area contributed by atoms with Crippen molar-refractivity contribution in [1.82, 2.24) is 30.9 Å². The lowest BCUT2D eigenvalue weighted by Crippen LogP contribution is -2.58. The molecule has 0 fully saturated rings. The zero-order chi connectivity index (χ0) is 29.1. The Morgan fingerprint density at radius 3 is 2.33 bits per heavy atom. The first-order valence-electron chi connectivity index (χ1n) is 13.0. The van der Waals surface area contributed by atoms with Crippen LogP contribution in [0.25, 0.3) is 10.9 Å². The molecule has 3 aromatic rings. The summed E-state index contributed by atoms with van der Waals surface area (Å²) in [6, 6.07) is 3.09. The predicted octanol–water partition coefficient (Wildman–Crippen LogP) is -0.399. The lowest BCUT2D eigenvalue weighted by Gasteiger charge is -2.24. The quantitative estimate of drug-likeness (QED) is 0.0810. The summed E-state index contributed by atoms with van der Waals surface area (Å²) in [6.45, 7) is 0.486. The smallest absolute Gasteiger partial charge is 0.326 e. The Morgan fingerprint density at radius 1 is 0.950 bits per heavy atom. The van der Waals surface area contributed by atoms with Crippen molar-refractivity contribution in [2.45, 2.75) is 56.3 Å². The monoisotopic (exact) mass is 572 g/mol. The van der Waals surface area contributed by atoms with Crippen LogP contribution in [0.3, 0.4) is 0 Å². The highest BCUT2D eigenvalue weighted by Crippen LogP contribution is 2.19. The summed E-state index contributed by atoms with van der Waals surface area (Å²) in [5.41, 5.74) is 13.5. The minimum absolute atomic E-state index is 0.00282. The molecule has 0 radical (unpaired) electrons. The van der Waals surface area contributed by atoms with Crippen molar-refractivity contribution in [3.05, 3.63) is 54.2 Å². The fourth-order valence-corrected chi connectivity index (χ4v) is 4.46. The molecule has 0 spiro atoms. The molecule has 13 nitrogen and oxygen atoms in total. The molecule has 0 aliphatic rings. The summed E-state index contributed by atoms with van der Waals surface area (Å²) >= 11 is 4.18. The molecule has 0 aliphatic heterocycles. The van der Waals surface area contributed by atoms with Crippen LogP contribution in [0, 0.1) is 0 Å². The number of para-hydroxylation sites is 1. The van der Waals surface area contributed by atoms with Gasteiger partial charge in [0.2, 0.25) is 17.7 Å². The summed E-state index contributed by atoms with van der Waals surface area (Å²) in [7, 11) is 0. The van der Waals surface area contributed by atoms with Gasteiger partial charge in [0.1, 0.15) is 18.1 Å². The average molecular weight is 573 g/mol. The Hall–Kier alpha value is -3.88. The Labute approximate surface area is 236 Å². The standard InChI is InChI=1S/C26H36N8O5S/c27-8-4-3-6-18(28)23(35)34-22(13-40)25(37)32-20(10-16-12-29-14-31-16)24(36)33-21(26(38)39)9-15-11-30-19-7-2-1-5-17(15)19/h1-2,5,7,11-12,14,18,20-22,30,40H,3-4,6,8-10,13,27-28H2,(H,29,31)(H,32,37)(H,33,36)(H,34,35)(H,38,39). The third-order valence-electron chi connectivity index (χ3n) is 6.45. The van der Waals surface area contributed by atoms with Crippen molar-refractivity contribution >= 4 is 47.2 Å². The first kappa shape index (κ1) is 30.7. The number of nitrogens with two attached hydrogens (primary N) is 2. The van der Waals surface area contributed by atoms with E-state index in [-0.39, 0.29) is 18.6 Å². The molecule has 4 unspecified atom stereocenters. The van der Waals surface area contributed by atoms with Crippen LogP contribution in [0.2, 0.25) is 0 Å². The Morgan fingerprint density at radius 2 is 1.65 bits per heavy atom. The van der Waals surface area contributed by atoms with Crippen LogP contribution in [0.1, 0.15) is 30.5 Å². The second-order valence-electron chi connectivity index (χ2n) is 9.44. The highest BCUT2D eigenvalue weighted by molar-refractivity contribution is 7.80. The van der Waals surface area contributed by atoms with E-state index in [0.29, 0.717) is 25.1 Å². The SMILES string of the molecule is NCCCCC(N)C(=O)NC(CS)C(=O)NC(Cc1cnc[nH]1)C(=O)NC(Cc1c[nH]c2ccccc12)C(=O)O. The van der Waals surface area contributed by atoms with Gasteiger partial charge in [-0.15, -0.1) is 0 Å². The number of hydrogen-bond acceptors (Lipinski definition) is 8. The third kappa shape index (κ3) is 8.56. The van der Waals surface area contributed by atoms with Crippen molar-refractivity contribution in [3.63, 3.8) is 0 Å². The van der Waals surface area contributed by atoms with Crippen molar-refractivity contribution in [1.29, 1.82) is 0 Å². The molecule has 14 heteroatoms. The number of unbranched alkanes of at least 4 members (excludes halogenated alkanes) is 1. The molecule has 2 heterocycles. The number of carbonyl (C=O) groups is 4. The second-order valence-corrected chi connectivity index (χ2v) is 9.81. The maximum absolute atomic E-state index is 13.3. The molecule has 3 amide bonds. The average Bonchev–Trinajstić information content (AvgIpc) is 3.60. The van der Waals surface area contributed by atoms with Gasteiger partial charge in [0.25, 0.3) is 0 Å². The molecular formula is C26H36N8O5S. The van der Waals surface area contributed by atoms with Crippen molar-refractivity contribution < 1.29 is 24.3 Å². The number of nitrogens with zero attached hydrogens (tertiary/aromatic N) is 1. The van der Waals surface area contributed by atoms with E-state index >= 15 is 0 Å². The topological polar surface area (TPSA) is 221 Å². The summed E-state index contributed by atoms with van der Waals surface area (Å²) in [5.74, 6) is -3.18. The zero-order valence-electron chi connectivity index (χ0n) is 21.9. The largest absolute Gasteiger partial charge is 0.480 e. The molecule has 0 bridgehead atoms. The van der Waals surface area contributed by atoms with E-state index in [1.54, 1.807) is 6.20 Å². The molecule has 10 N–H and O–H groups in total. The van der Waals surface area contributed by atoms with Crippen LogP contribution >= 0.6 is 12.6 Å². The first-order valence-corrected chi connectivity index (χ1v) is 13.6. The number of benzene rings is 1. The number of hydrogen-bond donors (Lipinski definition) is 9. The van der Waals surface area contributed by atoms with E-state index in [2.05, 4.69) is 43.5 Å². The van der Waals surface area contributed by atoms with Crippen LogP contribution in [-0.2, 0) is 32.0 Å². The van der Waals surface area contributed by atoms with Gasteiger partial charge in [0.05, 0.1) is 12.4 Å². The van der Waals surface area contributed by atoms with E-state index in [1.165, 1.54) is 12.5 Å². The van der Waals surface area contributed by atoms with E-state index in [1.807, 2.05) is 24.3 Å². The summed E-state index contributed by atoms with van der Waals surface area (Å²) in [4.78, 5) is 60.9. The second kappa shape index (κ2) is 15.1. The Kier molecular flexibility index (Phi) is 11.5. The van der Waals surface area contributed by atoms with Gasteiger partial charge in [-0.1, -0.05) is 24.6 Å². The number of aromatic nitrogens is 3. The number of nitrogens with one attached hydrogen (secondary N) is 5. The number of aliphatic carboxylic acids is 1. The van der Waals surface area contributed by atoms with Gasteiger partial charge in [-0.3, -0.25) is 14.4 Å².